The molecule has 1 saturated heterocycles. The third kappa shape index (κ3) is 3.83. The van der Waals surface area contributed by atoms with Gasteiger partial charge < -0.3 is 10.6 Å². The van der Waals surface area contributed by atoms with E-state index >= 15 is 0 Å². The van der Waals surface area contributed by atoms with Gasteiger partial charge in [-0.2, -0.15) is 5.10 Å². The molecule has 21 heavy (non-hydrogen) atoms. The van der Waals surface area contributed by atoms with Crippen LogP contribution < -0.4 is 10.6 Å². The predicted octanol–water partition coefficient (Wildman–Crippen LogP) is 1.78. The van der Waals surface area contributed by atoms with Crippen LogP contribution in [-0.2, 0) is 0 Å². The molecule has 112 valence electrons. The van der Waals surface area contributed by atoms with Crippen molar-refractivity contribution >= 4 is 18.3 Å². The Balaban J connectivity index is 0.00000161. The van der Waals surface area contributed by atoms with Gasteiger partial charge in [-0.05, 0) is 31.5 Å². The Labute approximate surface area is 130 Å². The molecule has 2 N–H and O–H groups in total. The lowest BCUT2D eigenvalue weighted by molar-refractivity contribution is 0.0950. The summed E-state index contributed by atoms with van der Waals surface area (Å²) in [5, 5.41) is 10.5. The van der Waals surface area contributed by atoms with Crippen molar-refractivity contribution in [1.29, 1.82) is 0 Å². The molecule has 1 amide bonds. The van der Waals surface area contributed by atoms with Gasteiger partial charge >= 0.3 is 0 Å². The lowest BCUT2D eigenvalue weighted by Crippen LogP contribution is -2.37. The Hall–Kier alpha value is -1.85. The van der Waals surface area contributed by atoms with E-state index in [0.29, 0.717) is 18.2 Å². The summed E-state index contributed by atoms with van der Waals surface area (Å²) in [6, 6.07) is 10.2. The van der Waals surface area contributed by atoms with Crippen molar-refractivity contribution in [2.45, 2.75) is 18.9 Å². The number of halogens is 1. The Bertz CT molecular complexity index is 578. The molecule has 0 spiro atoms. The van der Waals surface area contributed by atoms with E-state index in [0.717, 1.165) is 18.7 Å². The maximum atomic E-state index is 12.1. The highest BCUT2D eigenvalue weighted by Crippen LogP contribution is 2.08. The van der Waals surface area contributed by atoms with Crippen LogP contribution in [0.2, 0.25) is 0 Å². The summed E-state index contributed by atoms with van der Waals surface area (Å²) < 4.78 is 1.71. The van der Waals surface area contributed by atoms with Gasteiger partial charge in [0.1, 0.15) is 0 Å². The smallest absolute Gasteiger partial charge is 0.254 e. The number of nitrogens with one attached hydrogen (secondary N) is 2. The first-order valence-electron chi connectivity index (χ1n) is 6.94. The lowest BCUT2D eigenvalue weighted by Gasteiger charge is -2.10. The van der Waals surface area contributed by atoms with E-state index in [1.807, 2.05) is 30.3 Å². The molecule has 5 nitrogen and oxygen atoms in total. The van der Waals surface area contributed by atoms with Crippen LogP contribution in [0, 0.1) is 0 Å². The first-order chi connectivity index (χ1) is 9.83. The highest BCUT2D eigenvalue weighted by atomic mass is 35.5. The summed E-state index contributed by atoms with van der Waals surface area (Å²) in [7, 11) is 0. The number of hydrogen-bond donors (Lipinski definition) is 2. The van der Waals surface area contributed by atoms with Crippen LogP contribution in [0.4, 0.5) is 0 Å². The van der Waals surface area contributed by atoms with E-state index in [1.54, 1.807) is 17.1 Å². The molecule has 1 aliphatic rings. The number of carbonyl (C=O) groups is 1. The van der Waals surface area contributed by atoms with Crippen molar-refractivity contribution in [3.63, 3.8) is 0 Å². The fraction of sp³-hybridized carbons (Fsp3) is 0.333. The minimum Gasteiger partial charge on any atom is -0.350 e. The molecular formula is C15H19ClN4O. The molecule has 3 rings (SSSR count). The highest BCUT2D eigenvalue weighted by Gasteiger charge is 2.16. The first-order valence-corrected chi connectivity index (χ1v) is 6.94. The Morgan fingerprint density at radius 3 is 2.90 bits per heavy atom. The number of benzene rings is 1. The van der Waals surface area contributed by atoms with Gasteiger partial charge in [-0.15, -0.1) is 12.4 Å². The third-order valence-corrected chi connectivity index (χ3v) is 3.54. The number of amides is 1. The molecule has 1 aromatic heterocycles. The minimum atomic E-state index is -0.0686. The summed E-state index contributed by atoms with van der Waals surface area (Å²) in [6.45, 7) is 1.72. The first kappa shape index (κ1) is 15.5. The molecule has 0 bridgehead atoms. The maximum absolute atomic E-state index is 12.1. The zero-order valence-corrected chi connectivity index (χ0v) is 12.5. The number of para-hydroxylation sites is 1. The van der Waals surface area contributed by atoms with Gasteiger partial charge in [-0.1, -0.05) is 18.2 Å². The van der Waals surface area contributed by atoms with Crippen LogP contribution in [-0.4, -0.2) is 34.8 Å². The summed E-state index contributed by atoms with van der Waals surface area (Å²) in [4.78, 5) is 12.1. The highest BCUT2D eigenvalue weighted by molar-refractivity contribution is 5.93. The molecule has 2 aromatic rings. The SMILES string of the molecule is Cl.O=C(NCC1CCCN1)c1cnn(-c2ccccc2)c1. The number of rotatable bonds is 4. The van der Waals surface area contributed by atoms with Crippen molar-refractivity contribution in [3.8, 4) is 5.69 Å². The van der Waals surface area contributed by atoms with Crippen molar-refractivity contribution in [1.82, 2.24) is 20.4 Å². The minimum absolute atomic E-state index is 0. The quantitative estimate of drug-likeness (QED) is 0.905. The van der Waals surface area contributed by atoms with Crippen LogP contribution in [0.15, 0.2) is 42.7 Å². The number of aromatic nitrogens is 2. The summed E-state index contributed by atoms with van der Waals surface area (Å²) >= 11 is 0. The fourth-order valence-corrected chi connectivity index (χ4v) is 2.41. The molecular weight excluding hydrogens is 288 g/mol. The van der Waals surface area contributed by atoms with Crippen molar-refractivity contribution < 1.29 is 4.79 Å². The van der Waals surface area contributed by atoms with E-state index in [2.05, 4.69) is 15.7 Å². The zero-order chi connectivity index (χ0) is 13.8. The summed E-state index contributed by atoms with van der Waals surface area (Å²) in [5.74, 6) is -0.0686. The monoisotopic (exact) mass is 306 g/mol. The molecule has 1 aromatic carbocycles. The van der Waals surface area contributed by atoms with Crippen LogP contribution in [0.3, 0.4) is 0 Å². The topological polar surface area (TPSA) is 59.0 Å². The molecule has 0 radical (unpaired) electrons. The number of hydrogen-bond acceptors (Lipinski definition) is 3. The Morgan fingerprint density at radius 2 is 2.19 bits per heavy atom. The van der Waals surface area contributed by atoms with Crippen molar-refractivity contribution in [2.24, 2.45) is 0 Å². The standard InChI is InChI=1S/C15H18N4O.ClH/c20-15(17-10-13-5-4-8-16-13)12-9-18-19(11-12)14-6-2-1-3-7-14;/h1-3,6-7,9,11,13,16H,4-5,8,10H2,(H,17,20);1H. The maximum Gasteiger partial charge on any atom is 0.254 e. The van der Waals surface area contributed by atoms with E-state index in [4.69, 9.17) is 0 Å². The fourth-order valence-electron chi connectivity index (χ4n) is 2.41. The molecule has 1 atom stereocenters. The number of nitrogens with zero attached hydrogens (tertiary/aromatic N) is 2. The van der Waals surface area contributed by atoms with Crippen LogP contribution in [0.25, 0.3) is 5.69 Å². The largest absolute Gasteiger partial charge is 0.350 e. The zero-order valence-electron chi connectivity index (χ0n) is 11.7. The Morgan fingerprint density at radius 1 is 1.38 bits per heavy atom. The molecule has 1 aliphatic heterocycles. The van der Waals surface area contributed by atoms with Gasteiger partial charge in [0.2, 0.25) is 0 Å². The van der Waals surface area contributed by atoms with E-state index in [-0.39, 0.29) is 18.3 Å². The molecule has 6 heteroatoms. The molecule has 2 heterocycles. The van der Waals surface area contributed by atoms with Crippen LogP contribution >= 0.6 is 12.4 Å². The Kier molecular flexibility index (Phi) is 5.36. The van der Waals surface area contributed by atoms with Gasteiger partial charge in [0, 0.05) is 18.8 Å². The summed E-state index contributed by atoms with van der Waals surface area (Å²) in [5.41, 5.74) is 1.54. The summed E-state index contributed by atoms with van der Waals surface area (Å²) in [6.07, 6.45) is 5.67. The van der Waals surface area contributed by atoms with Crippen molar-refractivity contribution in [2.75, 3.05) is 13.1 Å². The van der Waals surface area contributed by atoms with Gasteiger partial charge in [0.25, 0.3) is 5.91 Å². The van der Waals surface area contributed by atoms with Crippen molar-refractivity contribution in [3.05, 3.63) is 48.3 Å². The third-order valence-electron chi connectivity index (χ3n) is 3.54. The van der Waals surface area contributed by atoms with Crippen LogP contribution in [0.1, 0.15) is 23.2 Å². The second-order valence-electron chi connectivity index (χ2n) is 5.01. The number of carbonyl (C=O) groups excluding carboxylic acids is 1. The van der Waals surface area contributed by atoms with E-state index < -0.39 is 0 Å². The lowest BCUT2D eigenvalue weighted by atomic mass is 10.2. The average Bonchev–Trinajstić information content (AvgIpc) is 3.17. The second-order valence-corrected chi connectivity index (χ2v) is 5.01. The van der Waals surface area contributed by atoms with E-state index in [9.17, 15) is 4.79 Å². The van der Waals surface area contributed by atoms with Gasteiger partial charge in [-0.3, -0.25) is 4.79 Å². The van der Waals surface area contributed by atoms with Gasteiger partial charge in [0.15, 0.2) is 0 Å². The second kappa shape index (κ2) is 7.24. The average molecular weight is 307 g/mol. The predicted molar refractivity (Wildman–Crippen MR) is 84.2 cm³/mol. The molecule has 0 aliphatic carbocycles. The normalized spacial score (nSPS) is 17.2. The molecule has 0 saturated carbocycles. The van der Waals surface area contributed by atoms with E-state index in [1.165, 1.54) is 6.42 Å². The molecule has 1 unspecified atom stereocenters. The van der Waals surface area contributed by atoms with Gasteiger partial charge in [-0.25, -0.2) is 4.68 Å². The van der Waals surface area contributed by atoms with Gasteiger partial charge in [0.05, 0.1) is 17.4 Å². The molecule has 1 fully saturated rings. The van der Waals surface area contributed by atoms with Crippen LogP contribution in [0.5, 0.6) is 0 Å².